The van der Waals surface area contributed by atoms with Crippen LogP contribution in [0.1, 0.15) is 36.2 Å². The third kappa shape index (κ3) is 3.67. The van der Waals surface area contributed by atoms with Gasteiger partial charge in [0.1, 0.15) is 6.61 Å². The Morgan fingerprint density at radius 2 is 2.06 bits per heavy atom. The van der Waals surface area contributed by atoms with Crippen LogP contribution in [-0.2, 0) is 11.2 Å². The Bertz CT molecular complexity index is 427. The van der Waals surface area contributed by atoms with Gasteiger partial charge >= 0.3 is 0 Å². The van der Waals surface area contributed by atoms with Crippen LogP contribution < -0.4 is 5.32 Å². The molecule has 1 aromatic carbocycles. The number of aryl methyl sites for hydroxylation is 1. The van der Waals surface area contributed by atoms with E-state index in [-0.39, 0.29) is 11.7 Å². The summed E-state index contributed by atoms with van der Waals surface area (Å²) in [6.45, 7) is 2.98. The number of carbonyl (C=O) groups excluding carboxylic acids is 2. The lowest BCUT2D eigenvalue weighted by Gasteiger charge is -2.10. The molecule has 0 radical (unpaired) electrons. The van der Waals surface area contributed by atoms with E-state index in [4.69, 9.17) is 5.11 Å². The molecule has 1 amide bonds. The largest absolute Gasteiger partial charge is 0.388 e. The van der Waals surface area contributed by atoms with Crippen molar-refractivity contribution >= 4 is 17.4 Å². The van der Waals surface area contributed by atoms with Gasteiger partial charge in [-0.25, -0.2) is 0 Å². The summed E-state index contributed by atoms with van der Waals surface area (Å²) < 4.78 is 0. The van der Waals surface area contributed by atoms with E-state index in [1.54, 1.807) is 18.2 Å². The summed E-state index contributed by atoms with van der Waals surface area (Å²) in [7, 11) is 0. The third-order valence-corrected chi connectivity index (χ3v) is 2.40. The number of benzene rings is 1. The Morgan fingerprint density at radius 1 is 1.35 bits per heavy atom. The molecule has 0 aliphatic rings. The Hall–Kier alpha value is -1.68. The molecule has 92 valence electrons. The van der Waals surface area contributed by atoms with Gasteiger partial charge in [0, 0.05) is 18.2 Å². The average molecular weight is 235 g/mol. The van der Waals surface area contributed by atoms with Crippen LogP contribution in [0.5, 0.6) is 0 Å². The molecule has 0 unspecified atom stereocenters. The number of aliphatic hydroxyl groups is 1. The molecule has 0 saturated heterocycles. The summed E-state index contributed by atoms with van der Waals surface area (Å²) in [5.41, 5.74) is 2.13. The number of aliphatic hydroxyl groups excluding tert-OH is 1. The number of amides is 1. The smallest absolute Gasteiger partial charge is 0.221 e. The minimum absolute atomic E-state index is 0.136. The zero-order valence-corrected chi connectivity index (χ0v) is 10.1. The average Bonchev–Trinajstić information content (AvgIpc) is 2.30. The highest BCUT2D eigenvalue weighted by Crippen LogP contribution is 2.19. The van der Waals surface area contributed by atoms with Gasteiger partial charge < -0.3 is 10.4 Å². The number of hydrogen-bond acceptors (Lipinski definition) is 3. The first kappa shape index (κ1) is 13.4. The molecular weight excluding hydrogens is 218 g/mol. The number of rotatable bonds is 5. The molecule has 0 saturated carbocycles. The molecule has 4 nitrogen and oxygen atoms in total. The van der Waals surface area contributed by atoms with Crippen LogP contribution in [0.25, 0.3) is 0 Å². The summed E-state index contributed by atoms with van der Waals surface area (Å²) in [6, 6.07) is 5.05. The molecule has 0 aromatic heterocycles. The maximum absolute atomic E-state index is 11.4. The van der Waals surface area contributed by atoms with Crippen molar-refractivity contribution in [2.45, 2.75) is 26.7 Å². The van der Waals surface area contributed by atoms with E-state index >= 15 is 0 Å². The first-order chi connectivity index (χ1) is 8.08. The van der Waals surface area contributed by atoms with Crippen molar-refractivity contribution in [3.8, 4) is 0 Å². The Labute approximate surface area is 101 Å². The lowest BCUT2D eigenvalue weighted by Crippen LogP contribution is -2.10. The molecule has 0 fully saturated rings. The van der Waals surface area contributed by atoms with E-state index < -0.39 is 6.61 Å². The highest BCUT2D eigenvalue weighted by Gasteiger charge is 2.09. The first-order valence-electron chi connectivity index (χ1n) is 5.63. The van der Waals surface area contributed by atoms with Crippen LogP contribution >= 0.6 is 0 Å². The lowest BCUT2D eigenvalue weighted by molar-refractivity contribution is -0.114. The highest BCUT2D eigenvalue weighted by molar-refractivity contribution is 5.98. The molecular formula is C13H17NO3. The molecule has 0 aliphatic heterocycles. The topological polar surface area (TPSA) is 66.4 Å². The fourth-order valence-corrected chi connectivity index (χ4v) is 1.65. The van der Waals surface area contributed by atoms with Crippen LogP contribution in [0.15, 0.2) is 18.2 Å². The minimum Gasteiger partial charge on any atom is -0.388 e. The molecule has 0 aliphatic carbocycles. The van der Waals surface area contributed by atoms with E-state index in [0.29, 0.717) is 5.56 Å². The molecule has 4 heteroatoms. The Balaban J connectivity index is 3.07. The van der Waals surface area contributed by atoms with E-state index in [1.807, 2.05) is 6.92 Å². The van der Waals surface area contributed by atoms with Gasteiger partial charge in [-0.15, -0.1) is 0 Å². The molecule has 0 spiro atoms. The zero-order chi connectivity index (χ0) is 12.8. The molecule has 1 rings (SSSR count). The maximum atomic E-state index is 11.4. The number of Topliss-reactive ketones (excluding diaryl/α,β-unsaturated/α-hetero) is 1. The predicted molar refractivity (Wildman–Crippen MR) is 66.2 cm³/mol. The number of nitrogens with one attached hydrogen (secondary N) is 1. The lowest BCUT2D eigenvalue weighted by atomic mass is 10.0. The second kappa shape index (κ2) is 6.15. The van der Waals surface area contributed by atoms with Crippen LogP contribution in [0.2, 0.25) is 0 Å². The molecule has 17 heavy (non-hydrogen) atoms. The van der Waals surface area contributed by atoms with Crippen molar-refractivity contribution in [2.75, 3.05) is 11.9 Å². The van der Waals surface area contributed by atoms with Gasteiger partial charge in [0.15, 0.2) is 5.78 Å². The Morgan fingerprint density at radius 3 is 2.59 bits per heavy atom. The van der Waals surface area contributed by atoms with Gasteiger partial charge in [-0.2, -0.15) is 0 Å². The van der Waals surface area contributed by atoms with Crippen molar-refractivity contribution in [2.24, 2.45) is 0 Å². The van der Waals surface area contributed by atoms with E-state index in [0.717, 1.165) is 24.1 Å². The Kier molecular flexibility index (Phi) is 4.84. The monoisotopic (exact) mass is 235 g/mol. The van der Waals surface area contributed by atoms with Crippen molar-refractivity contribution in [3.05, 3.63) is 29.3 Å². The predicted octanol–water partition coefficient (Wildman–Crippen LogP) is 1.77. The quantitative estimate of drug-likeness (QED) is 0.764. The van der Waals surface area contributed by atoms with E-state index in [1.165, 1.54) is 6.92 Å². The fourth-order valence-electron chi connectivity index (χ4n) is 1.65. The normalized spacial score (nSPS) is 10.1. The summed E-state index contributed by atoms with van der Waals surface area (Å²) in [5, 5.41) is 11.5. The van der Waals surface area contributed by atoms with E-state index in [9.17, 15) is 9.59 Å². The molecule has 0 heterocycles. The van der Waals surface area contributed by atoms with Crippen molar-refractivity contribution in [1.82, 2.24) is 0 Å². The summed E-state index contributed by atoms with van der Waals surface area (Å²) in [6.07, 6.45) is 1.70. The SMILES string of the molecule is CCCc1cc(C(=O)CO)ccc1NC(C)=O. The third-order valence-electron chi connectivity index (χ3n) is 2.40. The highest BCUT2D eigenvalue weighted by atomic mass is 16.3. The number of anilines is 1. The fraction of sp³-hybridized carbons (Fsp3) is 0.385. The van der Waals surface area contributed by atoms with E-state index in [2.05, 4.69) is 5.32 Å². The van der Waals surface area contributed by atoms with Crippen molar-refractivity contribution in [1.29, 1.82) is 0 Å². The van der Waals surface area contributed by atoms with Gasteiger partial charge in [0.25, 0.3) is 0 Å². The van der Waals surface area contributed by atoms with Gasteiger partial charge in [-0.1, -0.05) is 13.3 Å². The van der Waals surface area contributed by atoms with Crippen molar-refractivity contribution < 1.29 is 14.7 Å². The molecule has 0 atom stereocenters. The van der Waals surface area contributed by atoms with Gasteiger partial charge in [0.05, 0.1) is 0 Å². The maximum Gasteiger partial charge on any atom is 0.221 e. The zero-order valence-electron chi connectivity index (χ0n) is 10.1. The second-order valence-corrected chi connectivity index (χ2v) is 3.88. The second-order valence-electron chi connectivity index (χ2n) is 3.88. The van der Waals surface area contributed by atoms with Crippen LogP contribution in [0, 0.1) is 0 Å². The minimum atomic E-state index is -0.495. The number of hydrogen-bond donors (Lipinski definition) is 2. The van der Waals surface area contributed by atoms with Crippen LogP contribution in [-0.4, -0.2) is 23.4 Å². The number of carbonyl (C=O) groups is 2. The summed E-state index contributed by atoms with van der Waals surface area (Å²) in [5.74, 6) is -0.444. The van der Waals surface area contributed by atoms with Gasteiger partial charge in [0.2, 0.25) is 5.91 Å². The first-order valence-corrected chi connectivity index (χ1v) is 5.63. The molecule has 0 bridgehead atoms. The standard InChI is InChI=1S/C13H17NO3/c1-3-4-10-7-11(13(17)8-15)5-6-12(10)14-9(2)16/h5-7,15H,3-4,8H2,1-2H3,(H,14,16). The number of ketones is 1. The summed E-state index contributed by atoms with van der Waals surface area (Å²) >= 11 is 0. The van der Waals surface area contributed by atoms with Crippen LogP contribution in [0.3, 0.4) is 0 Å². The molecule has 2 N–H and O–H groups in total. The van der Waals surface area contributed by atoms with Gasteiger partial charge in [-0.05, 0) is 30.2 Å². The summed E-state index contributed by atoms with van der Waals surface area (Å²) in [4.78, 5) is 22.4. The van der Waals surface area contributed by atoms with Gasteiger partial charge in [-0.3, -0.25) is 9.59 Å². The molecule has 1 aromatic rings. The van der Waals surface area contributed by atoms with Crippen LogP contribution in [0.4, 0.5) is 5.69 Å². The van der Waals surface area contributed by atoms with Crippen molar-refractivity contribution in [3.63, 3.8) is 0 Å².